The van der Waals surface area contributed by atoms with Crippen molar-refractivity contribution in [2.45, 2.75) is 91.4 Å². The van der Waals surface area contributed by atoms with Crippen LogP contribution in [0.25, 0.3) is 0 Å². The molecule has 0 atom stereocenters. The minimum absolute atomic E-state index is 0.0830. The van der Waals surface area contributed by atoms with Crippen molar-refractivity contribution in [2.24, 2.45) is 0 Å². The molecule has 1 aromatic heterocycles. The lowest BCUT2D eigenvalue weighted by molar-refractivity contribution is 0.444. The molecule has 0 bridgehead atoms. The summed E-state index contributed by atoms with van der Waals surface area (Å²) < 4.78 is 0. The highest BCUT2D eigenvalue weighted by molar-refractivity contribution is 5.29. The fourth-order valence-electron chi connectivity index (χ4n) is 2.52. The summed E-state index contributed by atoms with van der Waals surface area (Å²) in [6.45, 7) is 20.3. The van der Waals surface area contributed by atoms with Crippen molar-refractivity contribution < 1.29 is 0 Å². The molecule has 110 valence electrons. The molecule has 0 spiro atoms. The van der Waals surface area contributed by atoms with Crippen LogP contribution in [0.1, 0.15) is 92.4 Å². The number of hydrogen-bond acceptors (Lipinski definition) is 1. The van der Waals surface area contributed by atoms with Crippen molar-refractivity contribution in [1.29, 1.82) is 0 Å². The van der Waals surface area contributed by atoms with Gasteiger partial charge in [-0.1, -0.05) is 68.7 Å². The van der Waals surface area contributed by atoms with Gasteiger partial charge in [-0.25, -0.2) is 4.98 Å². The van der Waals surface area contributed by atoms with Gasteiger partial charge in [-0.2, -0.15) is 0 Å². The molecular weight excluding hydrogens is 232 g/mol. The number of aromatic nitrogens is 2. The maximum Gasteiger partial charge on any atom is 0.112 e. The minimum atomic E-state index is 0.0830. The summed E-state index contributed by atoms with van der Waals surface area (Å²) >= 11 is 0. The Morgan fingerprint density at radius 2 is 1.42 bits per heavy atom. The van der Waals surface area contributed by atoms with E-state index in [1.807, 2.05) is 0 Å². The molecule has 19 heavy (non-hydrogen) atoms. The molecule has 0 saturated carbocycles. The summed E-state index contributed by atoms with van der Waals surface area (Å²) in [6, 6.07) is 0. The first-order chi connectivity index (χ1) is 8.39. The van der Waals surface area contributed by atoms with Gasteiger partial charge in [-0.15, -0.1) is 0 Å². The van der Waals surface area contributed by atoms with Crippen molar-refractivity contribution in [3.05, 3.63) is 17.2 Å². The van der Waals surface area contributed by atoms with E-state index in [4.69, 9.17) is 4.98 Å². The third kappa shape index (κ3) is 3.61. The predicted octanol–water partition coefficient (Wildman–Crippen LogP) is 5.08. The standard InChI is InChI=1S/C17H32N2/c1-10-11-17(8,9)14-18-12(15(2,3)4)13(19-14)16(5,6)7/h10-11H2,1-9H3,(H,18,19). The second-order valence-electron chi connectivity index (χ2n) is 8.44. The average molecular weight is 264 g/mol. The number of imidazole rings is 1. The van der Waals surface area contributed by atoms with Crippen LogP contribution in [-0.2, 0) is 16.2 Å². The third-order valence-electron chi connectivity index (χ3n) is 3.68. The van der Waals surface area contributed by atoms with E-state index < -0.39 is 0 Å². The van der Waals surface area contributed by atoms with Crippen molar-refractivity contribution in [1.82, 2.24) is 9.97 Å². The number of H-pyrrole nitrogens is 1. The lowest BCUT2D eigenvalue weighted by Crippen LogP contribution is -2.21. The van der Waals surface area contributed by atoms with E-state index in [1.54, 1.807) is 0 Å². The maximum atomic E-state index is 4.98. The van der Waals surface area contributed by atoms with Gasteiger partial charge in [0.2, 0.25) is 0 Å². The molecule has 0 aromatic carbocycles. The van der Waals surface area contributed by atoms with E-state index in [9.17, 15) is 0 Å². The van der Waals surface area contributed by atoms with Gasteiger partial charge in [0.1, 0.15) is 5.82 Å². The second-order valence-corrected chi connectivity index (χ2v) is 8.44. The largest absolute Gasteiger partial charge is 0.345 e. The highest BCUT2D eigenvalue weighted by Crippen LogP contribution is 2.35. The molecule has 1 N–H and O–H groups in total. The molecule has 0 aliphatic rings. The SMILES string of the molecule is CCCC(C)(C)c1nc(C(C)(C)C)c(C(C)(C)C)[nH]1. The maximum absolute atomic E-state index is 4.98. The Balaban J connectivity index is 3.38. The summed E-state index contributed by atoms with van der Waals surface area (Å²) in [5.41, 5.74) is 2.83. The van der Waals surface area contributed by atoms with Crippen LogP contribution in [0.3, 0.4) is 0 Å². The smallest absolute Gasteiger partial charge is 0.112 e. The number of nitrogens with one attached hydrogen (secondary N) is 1. The molecular formula is C17H32N2. The second kappa shape index (κ2) is 4.96. The normalized spacial score (nSPS) is 13.9. The van der Waals surface area contributed by atoms with E-state index in [-0.39, 0.29) is 16.2 Å². The van der Waals surface area contributed by atoms with E-state index >= 15 is 0 Å². The zero-order valence-corrected chi connectivity index (χ0v) is 14.4. The molecule has 0 radical (unpaired) electrons. The van der Waals surface area contributed by atoms with Gasteiger partial charge in [0.25, 0.3) is 0 Å². The molecule has 0 unspecified atom stereocenters. The molecule has 1 aromatic rings. The highest BCUT2D eigenvalue weighted by atomic mass is 15.0. The van der Waals surface area contributed by atoms with Gasteiger partial charge in [-0.05, 0) is 6.42 Å². The lowest BCUT2D eigenvalue weighted by atomic mass is 9.82. The van der Waals surface area contributed by atoms with Crippen molar-refractivity contribution in [3.8, 4) is 0 Å². The third-order valence-corrected chi connectivity index (χ3v) is 3.68. The number of nitrogens with zero attached hydrogens (tertiary/aromatic N) is 1. The van der Waals surface area contributed by atoms with Crippen LogP contribution in [0.2, 0.25) is 0 Å². The first-order valence-corrected chi connectivity index (χ1v) is 7.51. The van der Waals surface area contributed by atoms with Gasteiger partial charge in [-0.3, -0.25) is 0 Å². The van der Waals surface area contributed by atoms with Gasteiger partial charge >= 0.3 is 0 Å². The Morgan fingerprint density at radius 1 is 0.895 bits per heavy atom. The fourth-order valence-corrected chi connectivity index (χ4v) is 2.52. The predicted molar refractivity (Wildman–Crippen MR) is 83.9 cm³/mol. The van der Waals surface area contributed by atoms with Crippen LogP contribution in [0.15, 0.2) is 0 Å². The molecule has 0 fully saturated rings. The Morgan fingerprint density at radius 3 is 1.74 bits per heavy atom. The molecule has 0 aliphatic heterocycles. The summed E-state index contributed by atoms with van der Waals surface area (Å²) in [5, 5.41) is 0. The molecule has 1 rings (SSSR count). The van der Waals surface area contributed by atoms with Crippen LogP contribution in [0.5, 0.6) is 0 Å². The highest BCUT2D eigenvalue weighted by Gasteiger charge is 2.33. The van der Waals surface area contributed by atoms with E-state index in [0.29, 0.717) is 0 Å². The molecule has 1 heterocycles. The average Bonchev–Trinajstić information content (AvgIpc) is 2.60. The number of aromatic amines is 1. The molecule has 2 nitrogen and oxygen atoms in total. The van der Waals surface area contributed by atoms with Gasteiger partial charge in [0, 0.05) is 21.9 Å². The zero-order valence-electron chi connectivity index (χ0n) is 14.4. The Hall–Kier alpha value is -0.790. The monoisotopic (exact) mass is 264 g/mol. The first kappa shape index (κ1) is 16.3. The van der Waals surface area contributed by atoms with Crippen LogP contribution in [0, 0.1) is 0 Å². The summed E-state index contributed by atoms with van der Waals surface area (Å²) in [4.78, 5) is 8.62. The van der Waals surface area contributed by atoms with Crippen LogP contribution in [-0.4, -0.2) is 9.97 Å². The van der Waals surface area contributed by atoms with Crippen molar-refractivity contribution in [3.63, 3.8) is 0 Å². The van der Waals surface area contributed by atoms with E-state index in [2.05, 4.69) is 67.3 Å². The lowest BCUT2D eigenvalue weighted by Gasteiger charge is -2.24. The Labute approximate surface area is 119 Å². The van der Waals surface area contributed by atoms with Crippen molar-refractivity contribution >= 4 is 0 Å². The summed E-state index contributed by atoms with van der Waals surface area (Å²) in [7, 11) is 0. The molecule has 0 saturated heterocycles. The van der Waals surface area contributed by atoms with E-state index in [1.165, 1.54) is 17.8 Å². The zero-order chi connectivity index (χ0) is 15.1. The van der Waals surface area contributed by atoms with Gasteiger partial charge in [0.05, 0.1) is 5.69 Å². The molecule has 0 aliphatic carbocycles. The minimum Gasteiger partial charge on any atom is -0.345 e. The topological polar surface area (TPSA) is 28.7 Å². The Bertz CT molecular complexity index is 394. The summed E-state index contributed by atoms with van der Waals surface area (Å²) in [6.07, 6.45) is 2.34. The number of rotatable bonds is 3. The van der Waals surface area contributed by atoms with E-state index in [0.717, 1.165) is 12.2 Å². The number of hydrogen-bond donors (Lipinski definition) is 1. The first-order valence-electron chi connectivity index (χ1n) is 7.51. The van der Waals surface area contributed by atoms with Gasteiger partial charge in [0.15, 0.2) is 0 Å². The van der Waals surface area contributed by atoms with Crippen LogP contribution >= 0.6 is 0 Å². The molecule has 0 amide bonds. The molecule has 2 heteroatoms. The summed E-state index contributed by atoms with van der Waals surface area (Å²) in [5.74, 6) is 1.14. The van der Waals surface area contributed by atoms with Crippen LogP contribution < -0.4 is 0 Å². The Kier molecular flexibility index (Phi) is 4.24. The fraction of sp³-hybridized carbons (Fsp3) is 0.824. The van der Waals surface area contributed by atoms with Crippen LogP contribution in [0.4, 0.5) is 0 Å². The van der Waals surface area contributed by atoms with Crippen molar-refractivity contribution in [2.75, 3.05) is 0 Å². The van der Waals surface area contributed by atoms with Gasteiger partial charge < -0.3 is 4.98 Å². The quantitative estimate of drug-likeness (QED) is 0.810.